The van der Waals surface area contributed by atoms with Gasteiger partial charge in [0, 0.05) is 23.9 Å². The van der Waals surface area contributed by atoms with Crippen molar-refractivity contribution in [2.24, 2.45) is 5.73 Å². The average molecular weight is 164 g/mol. The van der Waals surface area contributed by atoms with Gasteiger partial charge in [-0.25, -0.2) is 0 Å². The van der Waals surface area contributed by atoms with Gasteiger partial charge in [-0.2, -0.15) is 0 Å². The summed E-state index contributed by atoms with van der Waals surface area (Å²) < 4.78 is 0. The maximum atomic E-state index is 5.98. The maximum absolute atomic E-state index is 5.98. The minimum atomic E-state index is -0.178. The first-order valence-electron chi connectivity index (χ1n) is 4.20. The summed E-state index contributed by atoms with van der Waals surface area (Å²) >= 11 is 0. The van der Waals surface area contributed by atoms with E-state index in [1.807, 2.05) is 26.1 Å². The van der Waals surface area contributed by atoms with Crippen LogP contribution in [-0.4, -0.2) is 10.5 Å². The van der Waals surface area contributed by atoms with Gasteiger partial charge >= 0.3 is 0 Å². The molecule has 2 nitrogen and oxygen atoms in total. The Hall–Kier alpha value is -0.890. The highest BCUT2D eigenvalue weighted by Crippen LogP contribution is 2.24. The molecule has 1 rings (SSSR count). The van der Waals surface area contributed by atoms with E-state index < -0.39 is 0 Å². The van der Waals surface area contributed by atoms with Crippen molar-refractivity contribution in [2.45, 2.75) is 32.2 Å². The number of hydrogen-bond acceptors (Lipinski definition) is 2. The SMILES string of the molecule is CC(c1cccnc1)C(C)(C)N. The van der Waals surface area contributed by atoms with Gasteiger partial charge < -0.3 is 5.73 Å². The monoisotopic (exact) mass is 164 g/mol. The fraction of sp³-hybridized carbons (Fsp3) is 0.500. The predicted molar refractivity (Wildman–Crippen MR) is 50.9 cm³/mol. The van der Waals surface area contributed by atoms with Crippen LogP contribution in [0.3, 0.4) is 0 Å². The Morgan fingerprint density at radius 1 is 1.50 bits per heavy atom. The van der Waals surface area contributed by atoms with Gasteiger partial charge in [0.15, 0.2) is 0 Å². The molecule has 0 fully saturated rings. The zero-order chi connectivity index (χ0) is 9.19. The molecule has 12 heavy (non-hydrogen) atoms. The summed E-state index contributed by atoms with van der Waals surface area (Å²) in [5.74, 6) is 0.339. The van der Waals surface area contributed by atoms with E-state index in [-0.39, 0.29) is 5.54 Å². The molecule has 0 saturated carbocycles. The second-order valence-corrected chi connectivity index (χ2v) is 3.83. The molecule has 0 bridgehead atoms. The third-order valence-corrected chi connectivity index (χ3v) is 2.30. The molecule has 0 saturated heterocycles. The summed E-state index contributed by atoms with van der Waals surface area (Å²) in [6.45, 7) is 6.19. The van der Waals surface area contributed by atoms with Crippen LogP contribution in [0.25, 0.3) is 0 Å². The zero-order valence-corrected chi connectivity index (χ0v) is 7.91. The van der Waals surface area contributed by atoms with Crippen molar-refractivity contribution in [3.8, 4) is 0 Å². The Kier molecular flexibility index (Phi) is 2.48. The van der Waals surface area contributed by atoms with Gasteiger partial charge in [-0.3, -0.25) is 4.98 Å². The van der Waals surface area contributed by atoms with E-state index in [9.17, 15) is 0 Å². The molecule has 1 aromatic rings. The number of aromatic nitrogens is 1. The van der Waals surface area contributed by atoms with Gasteiger partial charge in [0.1, 0.15) is 0 Å². The standard InChI is InChI=1S/C10H16N2/c1-8(10(2,3)11)9-5-4-6-12-7-9/h4-8H,11H2,1-3H3. The molecule has 0 aromatic carbocycles. The Morgan fingerprint density at radius 3 is 2.58 bits per heavy atom. The van der Waals surface area contributed by atoms with Crippen LogP contribution >= 0.6 is 0 Å². The first-order chi connectivity index (χ1) is 5.52. The van der Waals surface area contributed by atoms with E-state index in [4.69, 9.17) is 5.73 Å². The van der Waals surface area contributed by atoms with Crippen molar-refractivity contribution >= 4 is 0 Å². The van der Waals surface area contributed by atoms with Crippen LogP contribution in [0.5, 0.6) is 0 Å². The van der Waals surface area contributed by atoms with Gasteiger partial charge in [-0.05, 0) is 25.5 Å². The molecule has 1 aromatic heterocycles. The molecule has 0 aliphatic carbocycles. The van der Waals surface area contributed by atoms with Crippen LogP contribution in [0.1, 0.15) is 32.3 Å². The molecule has 1 atom stereocenters. The average Bonchev–Trinajstić information content (AvgIpc) is 2.03. The second kappa shape index (κ2) is 3.23. The van der Waals surface area contributed by atoms with Gasteiger partial charge in [0.05, 0.1) is 0 Å². The van der Waals surface area contributed by atoms with Crippen molar-refractivity contribution in [1.29, 1.82) is 0 Å². The minimum absolute atomic E-state index is 0.178. The number of nitrogens with two attached hydrogens (primary N) is 1. The molecule has 0 spiro atoms. The van der Waals surface area contributed by atoms with Crippen molar-refractivity contribution in [3.05, 3.63) is 30.1 Å². The van der Waals surface area contributed by atoms with Gasteiger partial charge in [0.25, 0.3) is 0 Å². The van der Waals surface area contributed by atoms with Crippen LogP contribution in [0.2, 0.25) is 0 Å². The molecule has 1 heterocycles. The Morgan fingerprint density at radius 2 is 2.17 bits per heavy atom. The molecular formula is C10H16N2. The van der Waals surface area contributed by atoms with E-state index in [0.717, 1.165) is 0 Å². The molecule has 2 N–H and O–H groups in total. The summed E-state index contributed by atoms with van der Waals surface area (Å²) in [6, 6.07) is 4.00. The maximum Gasteiger partial charge on any atom is 0.0303 e. The van der Waals surface area contributed by atoms with Crippen LogP contribution in [0.4, 0.5) is 0 Å². The molecule has 66 valence electrons. The topological polar surface area (TPSA) is 38.9 Å². The molecule has 1 unspecified atom stereocenters. The smallest absolute Gasteiger partial charge is 0.0303 e. The quantitative estimate of drug-likeness (QED) is 0.725. The summed E-state index contributed by atoms with van der Waals surface area (Å²) in [7, 11) is 0. The zero-order valence-electron chi connectivity index (χ0n) is 7.91. The normalized spacial score (nSPS) is 14.3. The van der Waals surface area contributed by atoms with Crippen molar-refractivity contribution in [1.82, 2.24) is 4.98 Å². The summed E-state index contributed by atoms with van der Waals surface area (Å²) in [6.07, 6.45) is 3.65. The second-order valence-electron chi connectivity index (χ2n) is 3.83. The summed E-state index contributed by atoms with van der Waals surface area (Å²) in [5.41, 5.74) is 7.00. The number of rotatable bonds is 2. The summed E-state index contributed by atoms with van der Waals surface area (Å²) in [5, 5.41) is 0. The minimum Gasteiger partial charge on any atom is -0.325 e. The van der Waals surface area contributed by atoms with E-state index >= 15 is 0 Å². The lowest BCUT2D eigenvalue weighted by atomic mass is 9.85. The number of nitrogens with zero attached hydrogens (tertiary/aromatic N) is 1. The fourth-order valence-corrected chi connectivity index (χ4v) is 1.06. The highest BCUT2D eigenvalue weighted by Gasteiger charge is 2.21. The van der Waals surface area contributed by atoms with Gasteiger partial charge in [0.2, 0.25) is 0 Å². The largest absolute Gasteiger partial charge is 0.325 e. The fourth-order valence-electron chi connectivity index (χ4n) is 1.06. The predicted octanol–water partition coefficient (Wildman–Crippen LogP) is 1.92. The Labute approximate surface area is 73.8 Å². The van der Waals surface area contributed by atoms with Crippen molar-refractivity contribution < 1.29 is 0 Å². The molecule has 0 aliphatic heterocycles. The molecule has 0 amide bonds. The van der Waals surface area contributed by atoms with Crippen LogP contribution in [0.15, 0.2) is 24.5 Å². The van der Waals surface area contributed by atoms with E-state index in [2.05, 4.69) is 18.0 Å². The van der Waals surface area contributed by atoms with Crippen molar-refractivity contribution in [3.63, 3.8) is 0 Å². The molecular weight excluding hydrogens is 148 g/mol. The lowest BCUT2D eigenvalue weighted by Crippen LogP contribution is -2.37. The Balaban J connectivity index is 2.86. The number of hydrogen-bond donors (Lipinski definition) is 1. The van der Waals surface area contributed by atoms with Crippen LogP contribution in [-0.2, 0) is 0 Å². The number of pyridine rings is 1. The van der Waals surface area contributed by atoms with E-state index in [1.165, 1.54) is 5.56 Å². The van der Waals surface area contributed by atoms with Gasteiger partial charge in [-0.1, -0.05) is 13.0 Å². The third kappa shape index (κ3) is 2.05. The Bertz CT molecular complexity index is 236. The van der Waals surface area contributed by atoms with Crippen molar-refractivity contribution in [2.75, 3.05) is 0 Å². The molecule has 0 aliphatic rings. The van der Waals surface area contributed by atoms with Crippen LogP contribution in [0, 0.1) is 0 Å². The van der Waals surface area contributed by atoms with E-state index in [1.54, 1.807) is 6.20 Å². The van der Waals surface area contributed by atoms with Gasteiger partial charge in [-0.15, -0.1) is 0 Å². The lowest BCUT2D eigenvalue weighted by Gasteiger charge is -2.27. The highest BCUT2D eigenvalue weighted by molar-refractivity contribution is 5.17. The van der Waals surface area contributed by atoms with E-state index in [0.29, 0.717) is 5.92 Å². The summed E-state index contributed by atoms with van der Waals surface area (Å²) in [4.78, 5) is 4.06. The lowest BCUT2D eigenvalue weighted by molar-refractivity contribution is 0.434. The highest BCUT2D eigenvalue weighted by atomic mass is 14.7. The molecule has 2 heteroatoms. The first kappa shape index (κ1) is 9.20. The molecule has 0 radical (unpaired) electrons. The first-order valence-corrected chi connectivity index (χ1v) is 4.20. The third-order valence-electron chi connectivity index (χ3n) is 2.30. The van der Waals surface area contributed by atoms with Crippen LogP contribution < -0.4 is 5.73 Å².